The molecule has 0 radical (unpaired) electrons. The first kappa shape index (κ1) is 17.1. The summed E-state index contributed by atoms with van der Waals surface area (Å²) in [5.41, 5.74) is 3.78. The largest absolute Gasteiger partial charge is 0.493 e. The summed E-state index contributed by atoms with van der Waals surface area (Å²) in [6.07, 6.45) is 1.58. The number of carbonyl (C=O) groups excluding carboxylic acids is 1. The third kappa shape index (κ3) is 3.71. The maximum Gasteiger partial charge on any atom is 0.303 e. The van der Waals surface area contributed by atoms with Crippen molar-refractivity contribution in [3.05, 3.63) is 52.8 Å². The van der Waals surface area contributed by atoms with Crippen LogP contribution >= 0.6 is 0 Å². The van der Waals surface area contributed by atoms with E-state index < -0.39 is 5.97 Å². The second-order valence-electron chi connectivity index (χ2n) is 6.24. The van der Waals surface area contributed by atoms with Crippen LogP contribution in [0.3, 0.4) is 0 Å². The molecule has 1 N–H and O–H groups in total. The molecule has 0 saturated carbocycles. The molecule has 0 amide bonds. The van der Waals surface area contributed by atoms with Crippen LogP contribution in [0.4, 0.5) is 4.39 Å². The molecule has 130 valence electrons. The maximum absolute atomic E-state index is 13.6. The molecule has 1 aliphatic rings. The highest BCUT2D eigenvalue weighted by Crippen LogP contribution is 2.37. The highest BCUT2D eigenvalue weighted by molar-refractivity contribution is 6.01. The second-order valence-corrected chi connectivity index (χ2v) is 6.24. The Bertz CT molecular complexity index is 842. The molecule has 0 spiro atoms. The number of hydrogen-bond acceptors (Lipinski definition) is 3. The van der Waals surface area contributed by atoms with Crippen molar-refractivity contribution in [2.45, 2.75) is 32.6 Å². The lowest BCUT2D eigenvalue weighted by Crippen LogP contribution is -2.04. The summed E-state index contributed by atoms with van der Waals surface area (Å²) in [7, 11) is 0. The average Bonchev–Trinajstić information content (AvgIpc) is 2.94. The van der Waals surface area contributed by atoms with Crippen molar-refractivity contribution in [1.29, 1.82) is 0 Å². The van der Waals surface area contributed by atoms with Crippen LogP contribution in [0.15, 0.2) is 30.3 Å². The lowest BCUT2D eigenvalue weighted by atomic mass is 9.97. The zero-order valence-electron chi connectivity index (χ0n) is 14.0. The molecule has 1 aliphatic carbocycles. The minimum Gasteiger partial charge on any atom is -0.493 e. The van der Waals surface area contributed by atoms with Crippen LogP contribution in [0, 0.1) is 12.7 Å². The first-order chi connectivity index (χ1) is 12.0. The van der Waals surface area contributed by atoms with Crippen LogP contribution in [-0.2, 0) is 11.2 Å². The van der Waals surface area contributed by atoms with Crippen molar-refractivity contribution in [3.8, 4) is 16.9 Å². The Morgan fingerprint density at radius 3 is 2.72 bits per heavy atom. The Labute approximate surface area is 145 Å². The summed E-state index contributed by atoms with van der Waals surface area (Å²) in [6, 6.07) is 8.51. The molecule has 0 saturated heterocycles. The molecule has 0 heterocycles. The number of aryl methyl sites for hydroxylation is 2. The quantitative estimate of drug-likeness (QED) is 0.800. The van der Waals surface area contributed by atoms with Crippen molar-refractivity contribution in [3.63, 3.8) is 0 Å². The summed E-state index contributed by atoms with van der Waals surface area (Å²) in [5.74, 6) is -0.524. The van der Waals surface area contributed by atoms with Gasteiger partial charge in [0.15, 0.2) is 5.78 Å². The fourth-order valence-corrected chi connectivity index (χ4v) is 3.04. The van der Waals surface area contributed by atoms with Crippen LogP contribution in [-0.4, -0.2) is 23.5 Å². The summed E-state index contributed by atoms with van der Waals surface area (Å²) >= 11 is 0. The number of fused-ring (bicyclic) bond motifs is 1. The van der Waals surface area contributed by atoms with E-state index in [-0.39, 0.29) is 24.6 Å². The fourth-order valence-electron chi connectivity index (χ4n) is 3.04. The minimum atomic E-state index is -0.873. The van der Waals surface area contributed by atoms with E-state index in [0.29, 0.717) is 36.1 Å². The van der Waals surface area contributed by atoms with Gasteiger partial charge in [0.05, 0.1) is 6.61 Å². The highest BCUT2D eigenvalue weighted by atomic mass is 19.1. The van der Waals surface area contributed by atoms with Crippen molar-refractivity contribution < 1.29 is 23.8 Å². The van der Waals surface area contributed by atoms with E-state index in [9.17, 15) is 14.0 Å². The molecule has 0 bridgehead atoms. The van der Waals surface area contributed by atoms with Crippen LogP contribution in [0.1, 0.15) is 40.7 Å². The molecule has 25 heavy (non-hydrogen) atoms. The lowest BCUT2D eigenvalue weighted by Gasteiger charge is -2.14. The zero-order chi connectivity index (χ0) is 18.0. The van der Waals surface area contributed by atoms with Crippen LogP contribution in [0.2, 0.25) is 0 Å². The van der Waals surface area contributed by atoms with Gasteiger partial charge in [-0.05, 0) is 60.7 Å². The molecule has 0 aromatic heterocycles. The minimum absolute atomic E-state index is 0.0227. The van der Waals surface area contributed by atoms with E-state index in [2.05, 4.69) is 0 Å². The van der Waals surface area contributed by atoms with E-state index in [1.54, 1.807) is 25.1 Å². The third-order valence-electron chi connectivity index (χ3n) is 4.39. The summed E-state index contributed by atoms with van der Waals surface area (Å²) < 4.78 is 19.4. The maximum atomic E-state index is 13.6. The van der Waals surface area contributed by atoms with Crippen LogP contribution < -0.4 is 4.74 Å². The standard InChI is InChI=1S/C20H19FO4/c1-12-9-13(4-6-17(12)21)16-10-14-5-7-18(22)15(14)11-19(16)25-8-2-3-20(23)24/h4,6,9-11H,2-3,5,7-8H2,1H3,(H,23,24). The van der Waals surface area contributed by atoms with Gasteiger partial charge in [-0.15, -0.1) is 0 Å². The molecule has 3 rings (SSSR count). The molecule has 0 fully saturated rings. The summed E-state index contributed by atoms with van der Waals surface area (Å²) in [4.78, 5) is 22.6. The fraction of sp³-hybridized carbons (Fsp3) is 0.300. The number of rotatable bonds is 6. The van der Waals surface area contributed by atoms with E-state index in [1.807, 2.05) is 6.07 Å². The third-order valence-corrected chi connectivity index (χ3v) is 4.39. The molecule has 0 atom stereocenters. The number of benzene rings is 2. The van der Waals surface area contributed by atoms with Crippen molar-refractivity contribution in [1.82, 2.24) is 0 Å². The molecule has 2 aromatic rings. The second kappa shape index (κ2) is 7.05. The van der Waals surface area contributed by atoms with Crippen molar-refractivity contribution in [2.24, 2.45) is 0 Å². The number of carbonyl (C=O) groups is 2. The van der Waals surface area contributed by atoms with E-state index >= 15 is 0 Å². The van der Waals surface area contributed by atoms with Crippen LogP contribution in [0.25, 0.3) is 11.1 Å². The summed E-state index contributed by atoms with van der Waals surface area (Å²) in [5, 5.41) is 8.73. The monoisotopic (exact) mass is 342 g/mol. The first-order valence-electron chi connectivity index (χ1n) is 8.27. The van der Waals surface area contributed by atoms with Gasteiger partial charge >= 0.3 is 5.97 Å². The molecular formula is C20H19FO4. The van der Waals surface area contributed by atoms with Gasteiger partial charge < -0.3 is 9.84 Å². The Morgan fingerprint density at radius 2 is 2.00 bits per heavy atom. The Kier molecular flexibility index (Phi) is 4.83. The van der Waals surface area contributed by atoms with Gasteiger partial charge in [-0.3, -0.25) is 9.59 Å². The van der Waals surface area contributed by atoms with Gasteiger partial charge in [-0.2, -0.15) is 0 Å². The average molecular weight is 342 g/mol. The smallest absolute Gasteiger partial charge is 0.303 e. The molecule has 5 heteroatoms. The number of carboxylic acids is 1. The SMILES string of the molecule is Cc1cc(-c2cc3c(cc2OCCCC(=O)O)C(=O)CC3)ccc1F. The number of Topliss-reactive ketones (excluding diaryl/α,β-unsaturated/α-hetero) is 1. The van der Waals surface area contributed by atoms with Crippen molar-refractivity contribution in [2.75, 3.05) is 6.61 Å². The number of ether oxygens (including phenoxy) is 1. The molecular weight excluding hydrogens is 323 g/mol. The molecule has 4 nitrogen and oxygen atoms in total. The summed E-state index contributed by atoms with van der Waals surface area (Å²) in [6.45, 7) is 1.94. The zero-order valence-corrected chi connectivity index (χ0v) is 14.0. The molecule has 2 aromatic carbocycles. The predicted molar refractivity (Wildman–Crippen MR) is 91.6 cm³/mol. The predicted octanol–water partition coefficient (Wildman–Crippen LogP) is 4.17. The Hall–Kier alpha value is -2.69. The lowest BCUT2D eigenvalue weighted by molar-refractivity contribution is -0.137. The number of aliphatic carboxylic acids is 1. The van der Waals surface area contributed by atoms with E-state index in [0.717, 1.165) is 16.7 Å². The molecule has 0 unspecified atom stereocenters. The normalized spacial score (nSPS) is 13.0. The van der Waals surface area contributed by atoms with E-state index in [1.165, 1.54) is 6.07 Å². The van der Waals surface area contributed by atoms with Gasteiger partial charge in [-0.25, -0.2) is 4.39 Å². The number of hydrogen-bond donors (Lipinski definition) is 1. The van der Waals surface area contributed by atoms with Gasteiger partial charge in [-0.1, -0.05) is 6.07 Å². The molecule has 0 aliphatic heterocycles. The van der Waals surface area contributed by atoms with Crippen LogP contribution in [0.5, 0.6) is 5.75 Å². The topological polar surface area (TPSA) is 63.6 Å². The Morgan fingerprint density at radius 1 is 1.20 bits per heavy atom. The van der Waals surface area contributed by atoms with E-state index in [4.69, 9.17) is 9.84 Å². The number of carboxylic acid groups (broad SMARTS) is 1. The van der Waals surface area contributed by atoms with Gasteiger partial charge in [0, 0.05) is 24.0 Å². The highest BCUT2D eigenvalue weighted by Gasteiger charge is 2.23. The van der Waals surface area contributed by atoms with Crippen molar-refractivity contribution >= 4 is 11.8 Å². The Balaban J connectivity index is 1.95. The number of halogens is 1. The first-order valence-corrected chi connectivity index (χ1v) is 8.27. The van der Waals surface area contributed by atoms with Gasteiger partial charge in [0.25, 0.3) is 0 Å². The van der Waals surface area contributed by atoms with Gasteiger partial charge in [0.1, 0.15) is 11.6 Å². The van der Waals surface area contributed by atoms with Gasteiger partial charge in [0.2, 0.25) is 0 Å². The number of ketones is 1.